The normalized spacial score (nSPS) is 12.5. The summed E-state index contributed by atoms with van der Waals surface area (Å²) in [6, 6.07) is 5.28. The third-order valence-electron chi connectivity index (χ3n) is 3.03. The van der Waals surface area contributed by atoms with Gasteiger partial charge in [0.25, 0.3) is 0 Å². The Labute approximate surface area is 122 Å². The first-order chi connectivity index (χ1) is 10.1. The molecule has 0 radical (unpaired) electrons. The molecular weight excluding hydrogens is 292 g/mol. The molecule has 1 unspecified atom stereocenters. The van der Waals surface area contributed by atoms with Crippen molar-refractivity contribution in [3.63, 3.8) is 0 Å². The van der Waals surface area contributed by atoms with Gasteiger partial charge >= 0.3 is 5.69 Å². The smallest absolute Gasteiger partial charge is 0.360 e. The Kier molecular flexibility index (Phi) is 3.40. The number of benzene rings is 1. The van der Waals surface area contributed by atoms with Crippen LogP contribution in [0.4, 0.5) is 0 Å². The van der Waals surface area contributed by atoms with Crippen molar-refractivity contribution in [2.75, 3.05) is 13.4 Å². The van der Waals surface area contributed by atoms with Gasteiger partial charge in [-0.15, -0.1) is 0 Å². The van der Waals surface area contributed by atoms with Gasteiger partial charge in [0.05, 0.1) is 25.2 Å². The number of aromatic amines is 1. The molecule has 0 spiro atoms. The molecule has 3 rings (SSSR count). The number of nitrogens with zero attached hydrogens (tertiary/aromatic N) is 3. The summed E-state index contributed by atoms with van der Waals surface area (Å²) in [5, 5.41) is 2.54. The first-order valence-corrected chi connectivity index (χ1v) is 7.60. The molecule has 3 aromatic rings. The van der Waals surface area contributed by atoms with Gasteiger partial charge in [-0.2, -0.15) is 4.98 Å². The topological polar surface area (TPSA) is 95.3 Å². The van der Waals surface area contributed by atoms with E-state index in [2.05, 4.69) is 15.1 Å². The summed E-state index contributed by atoms with van der Waals surface area (Å²) < 4.78 is 18.4. The van der Waals surface area contributed by atoms with Crippen LogP contribution in [0.2, 0.25) is 0 Å². The maximum atomic E-state index is 11.5. The van der Waals surface area contributed by atoms with Crippen molar-refractivity contribution >= 4 is 16.8 Å². The first-order valence-electron chi connectivity index (χ1n) is 6.05. The molecule has 2 aromatic heterocycles. The second-order valence-electron chi connectivity index (χ2n) is 4.35. The number of nitrogens with one attached hydrogen (secondary N) is 1. The van der Waals surface area contributed by atoms with Crippen LogP contribution < -0.4 is 10.4 Å². The van der Waals surface area contributed by atoms with Gasteiger partial charge in [-0.3, -0.25) is 0 Å². The average Bonchev–Trinajstić information content (AvgIpc) is 2.89. The van der Waals surface area contributed by atoms with E-state index in [4.69, 9.17) is 4.74 Å². The van der Waals surface area contributed by atoms with E-state index in [9.17, 15) is 9.35 Å². The van der Waals surface area contributed by atoms with Gasteiger partial charge in [0.15, 0.2) is 10.5 Å². The summed E-state index contributed by atoms with van der Waals surface area (Å²) in [5.74, 6) is 0.571. The van der Waals surface area contributed by atoms with Crippen molar-refractivity contribution in [1.82, 2.24) is 19.6 Å². The predicted molar refractivity (Wildman–Crippen MR) is 77.9 cm³/mol. The van der Waals surface area contributed by atoms with Crippen LogP contribution in [-0.2, 0) is 11.2 Å². The van der Waals surface area contributed by atoms with Crippen molar-refractivity contribution in [1.29, 1.82) is 0 Å². The zero-order valence-corrected chi connectivity index (χ0v) is 12.2. The maximum Gasteiger partial charge on any atom is 0.360 e. The minimum Gasteiger partial charge on any atom is -0.612 e. The molecule has 0 fully saturated rings. The van der Waals surface area contributed by atoms with Crippen LogP contribution in [-0.4, -0.2) is 37.5 Å². The van der Waals surface area contributed by atoms with Crippen molar-refractivity contribution in [3.8, 4) is 17.0 Å². The van der Waals surface area contributed by atoms with E-state index in [0.29, 0.717) is 22.0 Å². The van der Waals surface area contributed by atoms with E-state index >= 15 is 0 Å². The van der Waals surface area contributed by atoms with Gasteiger partial charge < -0.3 is 9.29 Å². The van der Waals surface area contributed by atoms with E-state index < -0.39 is 16.9 Å². The third kappa shape index (κ3) is 2.50. The van der Waals surface area contributed by atoms with Crippen molar-refractivity contribution < 1.29 is 9.29 Å². The summed E-state index contributed by atoms with van der Waals surface area (Å²) in [4.78, 5) is 19.9. The monoisotopic (exact) mass is 304 g/mol. The number of rotatable bonds is 3. The number of methoxy groups -OCH3 is 1. The van der Waals surface area contributed by atoms with Crippen LogP contribution in [0.15, 0.2) is 40.3 Å². The highest BCUT2D eigenvalue weighted by Gasteiger charge is 2.14. The molecule has 7 nitrogen and oxygen atoms in total. The van der Waals surface area contributed by atoms with Crippen LogP contribution >= 0.6 is 0 Å². The Morgan fingerprint density at radius 2 is 2.24 bits per heavy atom. The quantitative estimate of drug-likeness (QED) is 0.723. The average molecular weight is 304 g/mol. The van der Waals surface area contributed by atoms with E-state index in [0.717, 1.165) is 5.56 Å². The summed E-state index contributed by atoms with van der Waals surface area (Å²) in [6.45, 7) is 0. The van der Waals surface area contributed by atoms with E-state index in [1.807, 2.05) is 0 Å². The second kappa shape index (κ2) is 5.23. The summed E-state index contributed by atoms with van der Waals surface area (Å²) in [6.07, 6.45) is 4.68. The number of ether oxygens (including phenoxy) is 1. The summed E-state index contributed by atoms with van der Waals surface area (Å²) >= 11 is -1.09. The van der Waals surface area contributed by atoms with E-state index in [1.54, 1.807) is 37.8 Å². The number of H-pyrrole nitrogens is 1. The highest BCUT2D eigenvalue weighted by molar-refractivity contribution is 7.90. The Morgan fingerprint density at radius 3 is 2.95 bits per heavy atom. The standard InChI is InChI=1S/C13H12N4O3S/c1-20-11-5-8(21(2)19)3-4-9(11)10-7-17-12(15-10)6-14-13(18)16-17/h3-7H,1-2H3,(H,16,18). The third-order valence-corrected chi connectivity index (χ3v) is 3.95. The molecule has 1 N–H and O–H groups in total. The van der Waals surface area contributed by atoms with Gasteiger partial charge in [0.1, 0.15) is 12.0 Å². The fraction of sp³-hybridized carbons (Fsp3) is 0.154. The molecule has 0 amide bonds. The van der Waals surface area contributed by atoms with Crippen LogP contribution in [0.3, 0.4) is 0 Å². The highest BCUT2D eigenvalue weighted by atomic mass is 32.2. The van der Waals surface area contributed by atoms with Crippen molar-refractivity contribution in [2.45, 2.75) is 4.90 Å². The Bertz CT molecular complexity index is 856. The minimum atomic E-state index is -1.09. The van der Waals surface area contributed by atoms with E-state index in [1.165, 1.54) is 10.7 Å². The molecule has 108 valence electrons. The zero-order chi connectivity index (χ0) is 15.0. The molecule has 0 bridgehead atoms. The largest absolute Gasteiger partial charge is 0.612 e. The van der Waals surface area contributed by atoms with Crippen molar-refractivity contribution in [2.24, 2.45) is 0 Å². The molecule has 2 heterocycles. The lowest BCUT2D eigenvalue weighted by Crippen LogP contribution is -2.13. The lowest BCUT2D eigenvalue weighted by Gasteiger charge is -2.09. The van der Waals surface area contributed by atoms with Gasteiger partial charge in [0, 0.05) is 11.6 Å². The second-order valence-corrected chi connectivity index (χ2v) is 5.73. The Morgan fingerprint density at radius 1 is 1.43 bits per heavy atom. The Hall–Kier alpha value is -2.32. The minimum absolute atomic E-state index is 0.449. The summed E-state index contributed by atoms with van der Waals surface area (Å²) in [7, 11) is 1.54. The molecule has 8 heteroatoms. The van der Waals surface area contributed by atoms with E-state index in [-0.39, 0.29) is 0 Å². The van der Waals surface area contributed by atoms with Gasteiger partial charge in [-0.25, -0.2) is 19.4 Å². The fourth-order valence-electron chi connectivity index (χ4n) is 2.02. The maximum absolute atomic E-state index is 11.5. The number of hydrogen-bond acceptors (Lipinski definition) is 5. The lowest BCUT2D eigenvalue weighted by molar-refractivity contribution is 0.415. The van der Waals surface area contributed by atoms with Crippen LogP contribution in [0, 0.1) is 0 Å². The molecule has 0 aliphatic carbocycles. The number of hydrogen-bond donors (Lipinski definition) is 1. The molecular formula is C13H12N4O3S. The Balaban J connectivity index is 2.15. The highest BCUT2D eigenvalue weighted by Crippen LogP contribution is 2.31. The summed E-state index contributed by atoms with van der Waals surface area (Å²) in [5.41, 5.74) is 1.45. The molecule has 0 saturated heterocycles. The van der Waals surface area contributed by atoms with Crippen LogP contribution in [0.25, 0.3) is 16.9 Å². The lowest BCUT2D eigenvalue weighted by atomic mass is 10.1. The van der Waals surface area contributed by atoms with Crippen molar-refractivity contribution in [3.05, 3.63) is 41.1 Å². The molecule has 1 atom stereocenters. The first kappa shape index (κ1) is 13.7. The van der Waals surface area contributed by atoms with Gasteiger partial charge in [-0.05, 0) is 23.3 Å². The zero-order valence-electron chi connectivity index (χ0n) is 11.4. The van der Waals surface area contributed by atoms with Gasteiger partial charge in [0.2, 0.25) is 0 Å². The number of fused-ring (bicyclic) bond motifs is 1. The molecule has 1 aromatic carbocycles. The predicted octanol–water partition coefficient (Wildman–Crippen LogP) is 0.831. The molecule has 0 aliphatic rings. The SMILES string of the molecule is COc1cc([S+](C)[O-])ccc1-c1cn2[nH]c(=O)ncc2n1. The molecule has 0 aliphatic heterocycles. The van der Waals surface area contributed by atoms with Gasteiger partial charge in [-0.1, -0.05) is 0 Å². The van der Waals surface area contributed by atoms with Crippen LogP contribution in [0.5, 0.6) is 5.75 Å². The fourth-order valence-corrected chi connectivity index (χ4v) is 2.55. The number of imidazole rings is 1. The molecule has 0 saturated carbocycles. The van der Waals surface area contributed by atoms with Crippen LogP contribution in [0.1, 0.15) is 0 Å². The molecule has 21 heavy (non-hydrogen) atoms. The number of aromatic nitrogens is 4.